The Morgan fingerprint density at radius 3 is 2.50 bits per heavy atom. The summed E-state index contributed by atoms with van der Waals surface area (Å²) in [5, 5.41) is 9.60. The van der Waals surface area contributed by atoms with Crippen molar-refractivity contribution in [3.8, 4) is 0 Å². The van der Waals surface area contributed by atoms with E-state index in [-0.39, 0.29) is 6.67 Å². The quantitative estimate of drug-likeness (QED) is 0.346. The van der Waals surface area contributed by atoms with Crippen molar-refractivity contribution in [1.82, 2.24) is 4.90 Å². The predicted octanol–water partition coefficient (Wildman–Crippen LogP) is 7.39. The molecule has 38 heavy (non-hydrogen) atoms. The van der Waals surface area contributed by atoms with Crippen LogP contribution in [0.3, 0.4) is 0 Å². The van der Waals surface area contributed by atoms with Crippen molar-refractivity contribution >= 4 is 17.6 Å². The Balaban J connectivity index is 1.34. The molecule has 6 rings (SSSR count). The molecule has 0 bridgehead atoms. The highest BCUT2D eigenvalue weighted by Crippen LogP contribution is 2.56. The number of carbonyl (C=O) groups is 1. The van der Waals surface area contributed by atoms with Crippen LogP contribution in [-0.4, -0.2) is 42.3 Å². The molecule has 1 saturated heterocycles. The normalized spacial score (nSPS) is 20.9. The minimum atomic E-state index is -0.870. The van der Waals surface area contributed by atoms with E-state index in [0.717, 1.165) is 44.5 Å². The van der Waals surface area contributed by atoms with Gasteiger partial charge in [0.1, 0.15) is 0 Å². The second-order valence-corrected chi connectivity index (χ2v) is 11.0. The van der Waals surface area contributed by atoms with E-state index in [9.17, 15) is 14.3 Å². The Morgan fingerprint density at radius 1 is 0.974 bits per heavy atom. The van der Waals surface area contributed by atoms with Gasteiger partial charge in [-0.15, -0.1) is 0 Å². The highest BCUT2D eigenvalue weighted by Gasteiger charge is 2.42. The summed E-state index contributed by atoms with van der Waals surface area (Å²) in [7, 11) is 0. The molecule has 1 N–H and O–H groups in total. The van der Waals surface area contributed by atoms with E-state index in [2.05, 4.69) is 65.6 Å². The maximum Gasteiger partial charge on any atom is 0.335 e. The summed E-state index contributed by atoms with van der Waals surface area (Å²) in [6.45, 7) is 2.44. The lowest BCUT2D eigenvalue weighted by Crippen LogP contribution is -2.40. The second kappa shape index (κ2) is 10.7. The highest BCUT2D eigenvalue weighted by atomic mass is 19.1. The third-order valence-electron chi connectivity index (χ3n) is 8.33. The molecule has 1 saturated carbocycles. The highest BCUT2D eigenvalue weighted by molar-refractivity contribution is 5.91. The topological polar surface area (TPSA) is 40.5 Å². The number of carboxylic acid groups (broad SMARTS) is 1. The maximum atomic E-state index is 12.4. The van der Waals surface area contributed by atoms with Gasteiger partial charge < -0.3 is 5.11 Å². The first-order valence-corrected chi connectivity index (χ1v) is 13.8. The van der Waals surface area contributed by atoms with E-state index in [1.807, 2.05) is 12.1 Å². The minimum Gasteiger partial charge on any atom is -0.478 e. The van der Waals surface area contributed by atoms with Crippen LogP contribution in [0.2, 0.25) is 0 Å². The number of hydrogen-bond donors (Lipinski definition) is 1. The zero-order valence-electron chi connectivity index (χ0n) is 21.7. The summed E-state index contributed by atoms with van der Waals surface area (Å²) in [6, 6.07) is 25.4. The van der Waals surface area contributed by atoms with Crippen LogP contribution in [0.25, 0.3) is 11.6 Å². The fraction of sp³-hybridized carbons (Fsp3) is 0.324. The Labute approximate surface area is 224 Å². The molecule has 0 aromatic heterocycles. The molecule has 4 heteroatoms. The molecule has 1 aliphatic heterocycles. The van der Waals surface area contributed by atoms with E-state index >= 15 is 0 Å². The van der Waals surface area contributed by atoms with Crippen molar-refractivity contribution < 1.29 is 14.3 Å². The average Bonchev–Trinajstić information content (AvgIpc) is 3.73. The average molecular weight is 508 g/mol. The van der Waals surface area contributed by atoms with Gasteiger partial charge in [0, 0.05) is 19.6 Å². The number of allylic oxidation sites excluding steroid dienone is 1. The lowest BCUT2D eigenvalue weighted by molar-refractivity contribution is 0.0696. The van der Waals surface area contributed by atoms with Crippen molar-refractivity contribution in [2.75, 3.05) is 26.3 Å². The van der Waals surface area contributed by atoms with Crippen molar-refractivity contribution in [3.63, 3.8) is 0 Å². The maximum absolute atomic E-state index is 12.4. The number of fused-ring (bicyclic) bond motifs is 1. The van der Waals surface area contributed by atoms with Crippen LogP contribution in [0, 0.1) is 5.92 Å². The van der Waals surface area contributed by atoms with Gasteiger partial charge in [0.05, 0.1) is 12.2 Å². The number of rotatable bonds is 8. The fourth-order valence-corrected chi connectivity index (χ4v) is 6.35. The molecule has 0 unspecified atom stereocenters. The summed E-state index contributed by atoms with van der Waals surface area (Å²) < 4.78 is 12.4. The first kappa shape index (κ1) is 24.8. The number of carboxylic acids is 1. The summed E-state index contributed by atoms with van der Waals surface area (Å²) >= 11 is 0. The summed E-state index contributed by atoms with van der Waals surface area (Å²) in [5.41, 5.74) is 10.7. The molecule has 3 nitrogen and oxygen atoms in total. The molecule has 2 fully saturated rings. The second-order valence-electron chi connectivity index (χ2n) is 11.0. The molecule has 194 valence electrons. The lowest BCUT2D eigenvalue weighted by atomic mass is 9.87. The lowest BCUT2D eigenvalue weighted by Gasteiger charge is -2.33. The van der Waals surface area contributed by atoms with Gasteiger partial charge in [-0.25, -0.2) is 4.79 Å². The van der Waals surface area contributed by atoms with Gasteiger partial charge in [-0.2, -0.15) is 0 Å². The molecule has 3 aromatic carbocycles. The van der Waals surface area contributed by atoms with Crippen LogP contribution in [0.15, 0.2) is 83.9 Å². The third kappa shape index (κ3) is 5.10. The summed E-state index contributed by atoms with van der Waals surface area (Å²) in [5.74, 6) is 0.222. The number of aryl methyl sites for hydroxylation is 1. The van der Waals surface area contributed by atoms with E-state index < -0.39 is 5.97 Å². The van der Waals surface area contributed by atoms with E-state index in [1.54, 1.807) is 6.07 Å². The molecule has 0 amide bonds. The third-order valence-corrected chi connectivity index (χ3v) is 8.33. The molecular weight excluding hydrogens is 473 g/mol. The number of nitrogens with zero attached hydrogens (tertiary/aromatic N) is 1. The molecule has 1 heterocycles. The van der Waals surface area contributed by atoms with Gasteiger partial charge in [0.25, 0.3) is 0 Å². The van der Waals surface area contributed by atoms with Crippen molar-refractivity contribution in [1.29, 1.82) is 0 Å². The smallest absolute Gasteiger partial charge is 0.335 e. The first-order chi connectivity index (χ1) is 18.6. The summed E-state index contributed by atoms with van der Waals surface area (Å²) in [4.78, 5) is 14.0. The van der Waals surface area contributed by atoms with E-state index in [0.29, 0.717) is 23.8 Å². The molecule has 0 radical (unpaired) electrons. The molecule has 3 aliphatic rings. The molecular formula is C34H34FNO2. The number of halogens is 1. The van der Waals surface area contributed by atoms with E-state index in [1.165, 1.54) is 45.4 Å². The van der Waals surface area contributed by atoms with Crippen LogP contribution in [0.4, 0.5) is 4.39 Å². The van der Waals surface area contributed by atoms with Gasteiger partial charge in [-0.3, -0.25) is 9.29 Å². The monoisotopic (exact) mass is 507 g/mol. The van der Waals surface area contributed by atoms with Crippen molar-refractivity contribution in [2.45, 2.75) is 38.0 Å². The SMILES string of the molecule is O=C(O)c1ccc2c(c1)CCCC([C@@H]1C[C@H]1c1ccccc1)=C2c1ccc(C=C2CN(CCCF)C2)cc1. The van der Waals surface area contributed by atoms with Gasteiger partial charge in [0.15, 0.2) is 0 Å². The number of likely N-dealkylation sites (tertiary alicyclic amines) is 1. The molecule has 2 aliphatic carbocycles. The minimum absolute atomic E-state index is 0.247. The van der Waals surface area contributed by atoms with Crippen LogP contribution in [-0.2, 0) is 6.42 Å². The Hall–Kier alpha value is -3.50. The largest absolute Gasteiger partial charge is 0.478 e. The number of aromatic carboxylic acids is 1. The predicted molar refractivity (Wildman–Crippen MR) is 151 cm³/mol. The first-order valence-electron chi connectivity index (χ1n) is 13.8. The Bertz CT molecular complexity index is 1380. The van der Waals surface area contributed by atoms with E-state index in [4.69, 9.17) is 0 Å². The van der Waals surface area contributed by atoms with Crippen LogP contribution in [0.1, 0.15) is 69.8 Å². The number of benzene rings is 3. The van der Waals surface area contributed by atoms with Crippen LogP contribution in [0.5, 0.6) is 0 Å². The summed E-state index contributed by atoms with van der Waals surface area (Å²) in [6.07, 6.45) is 7.03. The standard InChI is InChI=1S/C34H34FNO2/c35-16-5-17-36-21-24(22-36)18-23-10-12-26(13-11-23)33-29-15-14-28(34(37)38)19-27(29)8-4-9-30(33)32-20-31(32)25-6-2-1-3-7-25/h1-3,6-7,10-15,18-19,31-32H,4-5,8-9,16-17,20-22H2,(H,37,38)/t31-,32-/m0/s1. The van der Waals surface area contributed by atoms with Gasteiger partial charge in [-0.1, -0.05) is 72.3 Å². The van der Waals surface area contributed by atoms with Crippen LogP contribution >= 0.6 is 0 Å². The zero-order chi connectivity index (χ0) is 26.1. The molecule has 3 aromatic rings. The van der Waals surface area contributed by atoms with Gasteiger partial charge in [0.2, 0.25) is 0 Å². The van der Waals surface area contributed by atoms with Crippen LogP contribution < -0.4 is 0 Å². The number of alkyl halides is 1. The van der Waals surface area contributed by atoms with Gasteiger partial charge >= 0.3 is 5.97 Å². The van der Waals surface area contributed by atoms with Gasteiger partial charge in [-0.05, 0) is 95.0 Å². The van der Waals surface area contributed by atoms with Crippen molar-refractivity contribution in [2.24, 2.45) is 5.92 Å². The Morgan fingerprint density at radius 2 is 1.76 bits per heavy atom. The van der Waals surface area contributed by atoms with Crippen molar-refractivity contribution in [3.05, 3.63) is 117 Å². The fourth-order valence-electron chi connectivity index (χ4n) is 6.35. The molecule has 2 atom stereocenters. The zero-order valence-corrected chi connectivity index (χ0v) is 21.7. The Kier molecular flexibility index (Phi) is 6.99. The number of hydrogen-bond acceptors (Lipinski definition) is 2. The molecule has 0 spiro atoms.